The van der Waals surface area contributed by atoms with Crippen LogP contribution >= 0.6 is 0 Å². The quantitative estimate of drug-likeness (QED) is 0.751. The largest absolute Gasteiger partial charge is 0.494 e. The van der Waals surface area contributed by atoms with Crippen molar-refractivity contribution >= 4 is 11.6 Å². The van der Waals surface area contributed by atoms with E-state index in [1.165, 1.54) is 5.56 Å². The van der Waals surface area contributed by atoms with Gasteiger partial charge in [0.15, 0.2) is 0 Å². The van der Waals surface area contributed by atoms with Gasteiger partial charge >= 0.3 is 0 Å². The Hall–Kier alpha value is -2.33. The van der Waals surface area contributed by atoms with Crippen molar-refractivity contribution in [3.05, 3.63) is 59.7 Å². The molecule has 0 spiro atoms. The Kier molecular flexibility index (Phi) is 6.63. The number of aryl methyl sites for hydroxylation is 1. The van der Waals surface area contributed by atoms with E-state index in [1.54, 1.807) is 7.11 Å². The summed E-state index contributed by atoms with van der Waals surface area (Å²) in [4.78, 5) is 11.9. The van der Waals surface area contributed by atoms with Gasteiger partial charge in [0, 0.05) is 19.2 Å². The second-order valence-electron chi connectivity index (χ2n) is 5.45. The molecule has 0 bridgehead atoms. The molecule has 0 aliphatic rings. The number of hydrogen-bond donors (Lipinski definition) is 1. The topological polar surface area (TPSA) is 47.6 Å². The molecule has 4 heteroatoms. The monoisotopic (exact) mass is 313 g/mol. The normalized spacial score (nSPS) is 10.3. The van der Waals surface area contributed by atoms with Gasteiger partial charge in [-0.1, -0.05) is 29.8 Å². The first-order valence-corrected chi connectivity index (χ1v) is 7.74. The molecular weight excluding hydrogens is 290 g/mol. The molecule has 2 rings (SSSR count). The Morgan fingerprint density at radius 2 is 1.91 bits per heavy atom. The van der Waals surface area contributed by atoms with Crippen LogP contribution in [0.5, 0.6) is 5.75 Å². The van der Waals surface area contributed by atoms with Gasteiger partial charge in [-0.2, -0.15) is 0 Å². The van der Waals surface area contributed by atoms with Crippen molar-refractivity contribution in [3.8, 4) is 5.75 Å². The first-order valence-electron chi connectivity index (χ1n) is 7.74. The summed E-state index contributed by atoms with van der Waals surface area (Å²) < 4.78 is 10.7. The molecule has 0 saturated carbocycles. The van der Waals surface area contributed by atoms with E-state index in [9.17, 15) is 4.79 Å². The van der Waals surface area contributed by atoms with Crippen molar-refractivity contribution in [1.29, 1.82) is 0 Å². The SMILES string of the molecule is COCc1cccc(NC(=O)CCCOc2ccc(C)cc2)c1. The number of rotatable bonds is 8. The summed E-state index contributed by atoms with van der Waals surface area (Å²) >= 11 is 0. The van der Waals surface area contributed by atoms with Gasteiger partial charge in [-0.05, 0) is 43.2 Å². The molecule has 2 aromatic carbocycles. The lowest BCUT2D eigenvalue weighted by Crippen LogP contribution is -2.13. The molecule has 2 aromatic rings. The van der Waals surface area contributed by atoms with Crippen LogP contribution in [0.15, 0.2) is 48.5 Å². The lowest BCUT2D eigenvalue weighted by atomic mass is 10.2. The number of ether oxygens (including phenoxy) is 2. The van der Waals surface area contributed by atoms with E-state index in [0.717, 1.165) is 17.0 Å². The third kappa shape index (κ3) is 6.12. The van der Waals surface area contributed by atoms with Crippen LogP contribution in [-0.4, -0.2) is 19.6 Å². The van der Waals surface area contributed by atoms with Crippen molar-refractivity contribution in [3.63, 3.8) is 0 Å². The Bertz CT molecular complexity index is 623. The van der Waals surface area contributed by atoms with E-state index < -0.39 is 0 Å². The summed E-state index contributed by atoms with van der Waals surface area (Å²) in [6.07, 6.45) is 1.11. The van der Waals surface area contributed by atoms with Crippen LogP contribution in [-0.2, 0) is 16.1 Å². The molecule has 0 aromatic heterocycles. The smallest absolute Gasteiger partial charge is 0.224 e. The number of amides is 1. The second-order valence-corrected chi connectivity index (χ2v) is 5.45. The van der Waals surface area contributed by atoms with Crippen molar-refractivity contribution in [2.45, 2.75) is 26.4 Å². The van der Waals surface area contributed by atoms with Crippen LogP contribution in [0.3, 0.4) is 0 Å². The highest BCUT2D eigenvalue weighted by Gasteiger charge is 2.03. The van der Waals surface area contributed by atoms with Crippen molar-refractivity contribution in [2.24, 2.45) is 0 Å². The maximum absolute atomic E-state index is 11.9. The van der Waals surface area contributed by atoms with Gasteiger partial charge in [0.25, 0.3) is 0 Å². The van der Waals surface area contributed by atoms with E-state index in [2.05, 4.69) is 5.32 Å². The summed E-state index contributed by atoms with van der Waals surface area (Å²) in [5, 5.41) is 2.90. The summed E-state index contributed by atoms with van der Waals surface area (Å²) in [5.74, 6) is 0.829. The van der Waals surface area contributed by atoms with Gasteiger partial charge in [-0.3, -0.25) is 4.79 Å². The molecule has 0 heterocycles. The van der Waals surface area contributed by atoms with Crippen LogP contribution in [0.1, 0.15) is 24.0 Å². The van der Waals surface area contributed by atoms with Crippen molar-refractivity contribution in [1.82, 2.24) is 0 Å². The van der Waals surface area contributed by atoms with Gasteiger partial charge < -0.3 is 14.8 Å². The number of methoxy groups -OCH3 is 1. The first kappa shape index (κ1) is 17.0. The van der Waals surface area contributed by atoms with Gasteiger partial charge in [0.05, 0.1) is 13.2 Å². The van der Waals surface area contributed by atoms with Crippen LogP contribution in [0.25, 0.3) is 0 Å². The zero-order valence-electron chi connectivity index (χ0n) is 13.7. The minimum absolute atomic E-state index is 0.00734. The van der Waals surface area contributed by atoms with Gasteiger partial charge in [-0.15, -0.1) is 0 Å². The molecule has 0 atom stereocenters. The van der Waals surface area contributed by atoms with E-state index in [4.69, 9.17) is 9.47 Å². The third-order valence-corrected chi connectivity index (χ3v) is 3.36. The molecule has 0 aliphatic heterocycles. The maximum Gasteiger partial charge on any atom is 0.224 e. The summed E-state index contributed by atoms with van der Waals surface area (Å²) in [7, 11) is 1.65. The van der Waals surface area contributed by atoms with Crippen LogP contribution in [0.4, 0.5) is 5.69 Å². The second kappa shape index (κ2) is 8.96. The molecule has 1 N–H and O–H groups in total. The fraction of sp³-hybridized carbons (Fsp3) is 0.316. The van der Waals surface area contributed by atoms with Crippen molar-refractivity contribution < 1.29 is 14.3 Å². The van der Waals surface area contributed by atoms with Crippen LogP contribution in [0, 0.1) is 6.92 Å². The Balaban J connectivity index is 1.70. The standard InChI is InChI=1S/C19H23NO3/c1-15-8-10-18(11-9-15)23-12-4-7-19(21)20-17-6-3-5-16(13-17)14-22-2/h3,5-6,8-11,13H,4,7,12,14H2,1-2H3,(H,20,21). The molecule has 122 valence electrons. The molecule has 0 saturated heterocycles. The van der Waals surface area contributed by atoms with E-state index in [0.29, 0.717) is 26.1 Å². The average molecular weight is 313 g/mol. The highest BCUT2D eigenvalue weighted by atomic mass is 16.5. The Morgan fingerprint density at radius 1 is 1.13 bits per heavy atom. The van der Waals surface area contributed by atoms with E-state index in [1.807, 2.05) is 55.5 Å². The fourth-order valence-electron chi connectivity index (χ4n) is 2.19. The minimum Gasteiger partial charge on any atom is -0.494 e. The molecule has 4 nitrogen and oxygen atoms in total. The van der Waals surface area contributed by atoms with Gasteiger partial charge in [0.1, 0.15) is 5.75 Å². The molecule has 23 heavy (non-hydrogen) atoms. The van der Waals surface area contributed by atoms with Crippen LogP contribution in [0.2, 0.25) is 0 Å². The number of hydrogen-bond acceptors (Lipinski definition) is 3. The number of anilines is 1. The predicted molar refractivity (Wildman–Crippen MR) is 91.7 cm³/mol. The number of carbonyl (C=O) groups is 1. The van der Waals surface area contributed by atoms with Gasteiger partial charge in [-0.25, -0.2) is 0 Å². The molecule has 0 fully saturated rings. The molecule has 0 radical (unpaired) electrons. The average Bonchev–Trinajstić information content (AvgIpc) is 2.54. The molecular formula is C19H23NO3. The molecule has 0 unspecified atom stereocenters. The zero-order valence-corrected chi connectivity index (χ0v) is 13.7. The van der Waals surface area contributed by atoms with Gasteiger partial charge in [0.2, 0.25) is 5.91 Å². The third-order valence-electron chi connectivity index (χ3n) is 3.36. The lowest BCUT2D eigenvalue weighted by molar-refractivity contribution is -0.116. The highest BCUT2D eigenvalue weighted by Crippen LogP contribution is 2.13. The summed E-state index contributed by atoms with van der Waals surface area (Å²) in [5.41, 5.74) is 3.03. The highest BCUT2D eigenvalue weighted by molar-refractivity contribution is 5.90. The lowest BCUT2D eigenvalue weighted by Gasteiger charge is -2.08. The van der Waals surface area contributed by atoms with E-state index >= 15 is 0 Å². The van der Waals surface area contributed by atoms with E-state index in [-0.39, 0.29) is 5.91 Å². The Morgan fingerprint density at radius 3 is 2.65 bits per heavy atom. The summed E-state index contributed by atoms with van der Waals surface area (Å²) in [6, 6.07) is 15.6. The molecule has 0 aliphatic carbocycles. The summed E-state index contributed by atoms with van der Waals surface area (Å²) in [6.45, 7) is 3.10. The Labute approximate surface area is 137 Å². The minimum atomic E-state index is -0.00734. The zero-order chi connectivity index (χ0) is 16.5. The number of nitrogens with one attached hydrogen (secondary N) is 1. The number of carbonyl (C=O) groups excluding carboxylic acids is 1. The fourth-order valence-corrected chi connectivity index (χ4v) is 2.19. The maximum atomic E-state index is 11.9. The first-order chi connectivity index (χ1) is 11.2. The van der Waals surface area contributed by atoms with Crippen LogP contribution < -0.4 is 10.1 Å². The van der Waals surface area contributed by atoms with Crippen molar-refractivity contribution in [2.75, 3.05) is 19.0 Å². The number of benzene rings is 2. The molecule has 1 amide bonds. The predicted octanol–water partition coefficient (Wildman–Crippen LogP) is 3.94.